The maximum Gasteiger partial charge on any atom is 0.245 e. The molecule has 0 bridgehead atoms. The zero-order valence-corrected chi connectivity index (χ0v) is 22.2. The molecule has 0 atom stereocenters. The molecule has 0 aliphatic rings. The molecular formula is C28H56N2O3. The van der Waals surface area contributed by atoms with E-state index in [0.29, 0.717) is 12.8 Å². The first-order chi connectivity index (χ1) is 16.2. The average molecular weight is 469 g/mol. The summed E-state index contributed by atoms with van der Waals surface area (Å²) in [5, 5.41) is 0. The van der Waals surface area contributed by atoms with Crippen LogP contribution >= 0.6 is 0 Å². The molecule has 5 heteroatoms. The summed E-state index contributed by atoms with van der Waals surface area (Å²) in [6.45, 7) is 4.51. The predicted molar refractivity (Wildman–Crippen MR) is 140 cm³/mol. The summed E-state index contributed by atoms with van der Waals surface area (Å²) in [5.74, 6) is -0.332. The summed E-state index contributed by atoms with van der Waals surface area (Å²) in [6.07, 6.45) is 28.6. The van der Waals surface area contributed by atoms with Crippen molar-refractivity contribution in [1.82, 2.24) is 11.0 Å². The Morgan fingerprint density at radius 2 is 0.667 bits per heavy atom. The molecule has 0 aliphatic heterocycles. The molecule has 0 aromatic heterocycles. The molecule has 33 heavy (non-hydrogen) atoms. The second-order valence-electron chi connectivity index (χ2n) is 9.72. The molecule has 0 fully saturated rings. The zero-order valence-electron chi connectivity index (χ0n) is 22.2. The van der Waals surface area contributed by atoms with E-state index in [1.165, 1.54) is 116 Å². The van der Waals surface area contributed by atoms with Crippen LogP contribution in [0.3, 0.4) is 0 Å². The van der Waals surface area contributed by atoms with Crippen LogP contribution in [0.25, 0.3) is 0 Å². The Labute approximate surface area is 205 Å². The lowest BCUT2D eigenvalue weighted by atomic mass is 10.1. The van der Waals surface area contributed by atoms with E-state index in [1.807, 2.05) is 0 Å². The Morgan fingerprint density at radius 3 is 0.939 bits per heavy atom. The van der Waals surface area contributed by atoms with Gasteiger partial charge in [0.2, 0.25) is 11.8 Å². The first kappa shape index (κ1) is 31.9. The van der Waals surface area contributed by atoms with E-state index >= 15 is 0 Å². The van der Waals surface area contributed by atoms with Crippen molar-refractivity contribution in [3.63, 3.8) is 0 Å². The molecule has 0 saturated carbocycles. The minimum atomic E-state index is -0.166. The largest absolute Gasteiger partial charge is 0.273 e. The molecular weight excluding hydrogens is 412 g/mol. The predicted octanol–water partition coefficient (Wildman–Crippen LogP) is 8.47. The highest BCUT2D eigenvalue weighted by Crippen LogP contribution is 2.13. The van der Waals surface area contributed by atoms with Crippen molar-refractivity contribution < 1.29 is 14.5 Å². The number of unbranched alkanes of at least 4 members (excludes halogenated alkanes) is 20. The maximum atomic E-state index is 11.8. The van der Waals surface area contributed by atoms with Crippen LogP contribution in [0.5, 0.6) is 0 Å². The third kappa shape index (κ3) is 27.0. The number of amides is 2. The molecule has 0 rings (SSSR count). The molecule has 0 heterocycles. The van der Waals surface area contributed by atoms with Gasteiger partial charge in [0.25, 0.3) is 0 Å². The summed E-state index contributed by atoms with van der Waals surface area (Å²) >= 11 is 0. The Kier molecular flexibility index (Phi) is 26.2. The molecule has 0 aromatic rings. The highest BCUT2D eigenvalue weighted by molar-refractivity contribution is 5.76. The highest BCUT2D eigenvalue weighted by atomic mass is 16.8. The number of hydroxylamine groups is 2. The van der Waals surface area contributed by atoms with Gasteiger partial charge in [-0.05, 0) is 12.8 Å². The average Bonchev–Trinajstić information content (AvgIpc) is 2.81. The van der Waals surface area contributed by atoms with E-state index in [9.17, 15) is 9.59 Å². The van der Waals surface area contributed by atoms with Gasteiger partial charge in [0.1, 0.15) is 0 Å². The van der Waals surface area contributed by atoms with Crippen molar-refractivity contribution in [1.29, 1.82) is 0 Å². The second-order valence-corrected chi connectivity index (χ2v) is 9.72. The fourth-order valence-corrected chi connectivity index (χ4v) is 4.14. The Bertz CT molecular complexity index is 391. The monoisotopic (exact) mass is 468 g/mol. The van der Waals surface area contributed by atoms with Crippen molar-refractivity contribution in [3.05, 3.63) is 0 Å². The molecule has 0 unspecified atom stereocenters. The van der Waals surface area contributed by atoms with E-state index in [1.54, 1.807) is 0 Å². The van der Waals surface area contributed by atoms with Crippen LogP contribution in [0.1, 0.15) is 168 Å². The molecule has 2 N–H and O–H groups in total. The molecule has 0 aliphatic carbocycles. The van der Waals surface area contributed by atoms with Gasteiger partial charge >= 0.3 is 0 Å². The second kappa shape index (κ2) is 27.1. The van der Waals surface area contributed by atoms with Gasteiger partial charge in [-0.3, -0.25) is 9.59 Å². The van der Waals surface area contributed by atoms with E-state index in [-0.39, 0.29) is 11.8 Å². The summed E-state index contributed by atoms with van der Waals surface area (Å²) in [6, 6.07) is 0. The summed E-state index contributed by atoms with van der Waals surface area (Å²) in [7, 11) is 0. The number of carbonyl (C=O) groups excluding carboxylic acids is 2. The van der Waals surface area contributed by atoms with Crippen molar-refractivity contribution in [2.24, 2.45) is 0 Å². The van der Waals surface area contributed by atoms with Gasteiger partial charge in [0.15, 0.2) is 0 Å². The fraction of sp³-hybridized carbons (Fsp3) is 0.929. The summed E-state index contributed by atoms with van der Waals surface area (Å²) in [5.41, 5.74) is 4.64. The molecule has 0 spiro atoms. The number of rotatable bonds is 26. The third-order valence-electron chi connectivity index (χ3n) is 6.34. The molecule has 0 saturated heterocycles. The minimum absolute atomic E-state index is 0.166. The smallest absolute Gasteiger partial charge is 0.245 e. The number of carbonyl (C=O) groups is 2. The van der Waals surface area contributed by atoms with Crippen LogP contribution in [-0.2, 0) is 14.5 Å². The zero-order chi connectivity index (χ0) is 24.2. The van der Waals surface area contributed by atoms with Crippen LogP contribution in [0.15, 0.2) is 0 Å². The van der Waals surface area contributed by atoms with Crippen molar-refractivity contribution in [2.45, 2.75) is 168 Å². The van der Waals surface area contributed by atoms with Gasteiger partial charge in [0, 0.05) is 12.8 Å². The van der Waals surface area contributed by atoms with Crippen LogP contribution in [0, 0.1) is 0 Å². The lowest BCUT2D eigenvalue weighted by Crippen LogP contribution is -2.34. The first-order valence-corrected chi connectivity index (χ1v) is 14.4. The van der Waals surface area contributed by atoms with Gasteiger partial charge in [0.05, 0.1) is 0 Å². The van der Waals surface area contributed by atoms with Gasteiger partial charge < -0.3 is 0 Å². The standard InChI is InChI=1S/C28H56N2O3/c1-3-5-7-9-11-13-15-17-19-21-23-25-27(31)29-33-30-28(32)26-24-22-20-18-16-14-12-10-8-6-4-2/h3-26H2,1-2H3,(H,29,31)(H,30,32). The highest BCUT2D eigenvalue weighted by Gasteiger charge is 2.04. The maximum absolute atomic E-state index is 11.8. The van der Waals surface area contributed by atoms with Gasteiger partial charge in [-0.2, -0.15) is 4.94 Å². The van der Waals surface area contributed by atoms with Crippen molar-refractivity contribution in [3.8, 4) is 0 Å². The van der Waals surface area contributed by atoms with Gasteiger partial charge in [-0.15, -0.1) is 0 Å². The van der Waals surface area contributed by atoms with Gasteiger partial charge in [-0.1, -0.05) is 142 Å². The Hall–Kier alpha value is -1.10. The number of hydrogen-bond acceptors (Lipinski definition) is 3. The molecule has 0 aromatic carbocycles. The summed E-state index contributed by atoms with van der Waals surface area (Å²) < 4.78 is 0. The first-order valence-electron chi connectivity index (χ1n) is 14.4. The lowest BCUT2D eigenvalue weighted by Gasteiger charge is -2.07. The lowest BCUT2D eigenvalue weighted by molar-refractivity contribution is -0.151. The van der Waals surface area contributed by atoms with Crippen LogP contribution in [0.2, 0.25) is 0 Å². The Balaban J connectivity index is 3.29. The topological polar surface area (TPSA) is 67.4 Å². The quantitative estimate of drug-likeness (QED) is 0.0988. The van der Waals surface area contributed by atoms with Crippen molar-refractivity contribution >= 4 is 11.8 Å². The van der Waals surface area contributed by atoms with Gasteiger partial charge in [-0.25, -0.2) is 11.0 Å². The minimum Gasteiger partial charge on any atom is -0.273 e. The summed E-state index contributed by atoms with van der Waals surface area (Å²) in [4.78, 5) is 28.4. The number of nitrogens with one attached hydrogen (secondary N) is 2. The molecule has 196 valence electrons. The van der Waals surface area contributed by atoms with E-state index in [2.05, 4.69) is 24.8 Å². The molecule has 0 radical (unpaired) electrons. The van der Waals surface area contributed by atoms with Crippen LogP contribution in [-0.4, -0.2) is 11.8 Å². The van der Waals surface area contributed by atoms with Crippen LogP contribution < -0.4 is 11.0 Å². The third-order valence-corrected chi connectivity index (χ3v) is 6.34. The Morgan fingerprint density at radius 1 is 0.424 bits per heavy atom. The molecule has 2 amide bonds. The molecule has 5 nitrogen and oxygen atoms in total. The van der Waals surface area contributed by atoms with E-state index in [4.69, 9.17) is 4.94 Å². The van der Waals surface area contributed by atoms with E-state index in [0.717, 1.165) is 25.7 Å². The van der Waals surface area contributed by atoms with E-state index < -0.39 is 0 Å². The SMILES string of the molecule is CCCCCCCCCCCCCC(=O)NONC(=O)CCCCCCCCCCCCC. The van der Waals surface area contributed by atoms with Crippen LogP contribution in [0.4, 0.5) is 0 Å². The normalized spacial score (nSPS) is 11.0. The fourth-order valence-electron chi connectivity index (χ4n) is 4.14. The number of hydrogen-bond donors (Lipinski definition) is 2. The van der Waals surface area contributed by atoms with Crippen molar-refractivity contribution in [2.75, 3.05) is 0 Å².